The summed E-state index contributed by atoms with van der Waals surface area (Å²) in [4.78, 5) is 10.8. The molecule has 0 aromatic carbocycles. The Bertz CT molecular complexity index is 497. The quantitative estimate of drug-likeness (QED) is 0.916. The summed E-state index contributed by atoms with van der Waals surface area (Å²) in [7, 11) is 0. The van der Waals surface area contributed by atoms with E-state index in [0.717, 1.165) is 42.6 Å². The van der Waals surface area contributed by atoms with E-state index in [0.29, 0.717) is 0 Å². The Hall–Kier alpha value is -1.39. The smallest absolute Gasteiger partial charge is 0.358 e. The Morgan fingerprint density at radius 2 is 1.85 bits per heavy atom. The van der Waals surface area contributed by atoms with Crippen LogP contribution in [-0.2, 0) is 6.54 Å². The highest BCUT2D eigenvalue weighted by Crippen LogP contribution is 2.57. The first-order valence-corrected chi connectivity index (χ1v) is 7.82. The molecule has 4 bridgehead atoms. The third-order valence-electron chi connectivity index (χ3n) is 5.87. The summed E-state index contributed by atoms with van der Waals surface area (Å²) in [6.45, 7) is 0.813. The minimum absolute atomic E-state index is 0.0510. The van der Waals surface area contributed by atoms with Crippen LogP contribution in [0.4, 0.5) is 0 Å². The number of hydrogen-bond donors (Lipinski definition) is 1. The zero-order chi connectivity index (χ0) is 13.7. The molecule has 0 amide bonds. The van der Waals surface area contributed by atoms with Crippen LogP contribution < -0.4 is 0 Å². The van der Waals surface area contributed by atoms with Gasteiger partial charge in [-0.25, -0.2) is 4.79 Å². The van der Waals surface area contributed by atoms with E-state index in [4.69, 9.17) is 5.11 Å². The van der Waals surface area contributed by atoms with Gasteiger partial charge in [0.1, 0.15) is 0 Å². The fourth-order valence-corrected chi connectivity index (χ4v) is 5.30. The van der Waals surface area contributed by atoms with Crippen molar-refractivity contribution in [3.63, 3.8) is 0 Å². The van der Waals surface area contributed by atoms with Crippen LogP contribution in [0.5, 0.6) is 0 Å². The summed E-state index contributed by atoms with van der Waals surface area (Å²) >= 11 is 0. The molecular weight excluding hydrogens is 254 g/mol. The molecule has 0 atom stereocenters. The van der Waals surface area contributed by atoms with Gasteiger partial charge in [-0.15, -0.1) is 5.10 Å². The van der Waals surface area contributed by atoms with E-state index in [1.807, 2.05) is 0 Å². The van der Waals surface area contributed by atoms with Crippen LogP contribution in [0.2, 0.25) is 0 Å². The fourth-order valence-electron chi connectivity index (χ4n) is 5.30. The zero-order valence-electron chi connectivity index (χ0n) is 11.6. The number of carbonyl (C=O) groups is 1. The van der Waals surface area contributed by atoms with E-state index in [-0.39, 0.29) is 5.69 Å². The molecule has 0 spiro atoms. The Kier molecular flexibility index (Phi) is 2.82. The summed E-state index contributed by atoms with van der Waals surface area (Å²) in [5.41, 5.74) is 0.0510. The van der Waals surface area contributed by atoms with E-state index < -0.39 is 5.97 Å². The number of aromatic carboxylic acids is 1. The summed E-state index contributed by atoms with van der Waals surface area (Å²) < 4.78 is 1.70. The SMILES string of the molecule is O=C(O)c1cn(CCC2C3CC4CC(C3)CC2C4)nn1. The molecule has 1 heterocycles. The highest BCUT2D eigenvalue weighted by Gasteiger charge is 2.47. The first kappa shape index (κ1) is 12.4. The van der Waals surface area contributed by atoms with Crippen molar-refractivity contribution in [2.24, 2.45) is 29.6 Å². The molecule has 1 aromatic heterocycles. The maximum Gasteiger partial charge on any atom is 0.358 e. The molecule has 108 valence electrons. The minimum Gasteiger partial charge on any atom is -0.476 e. The Morgan fingerprint density at radius 1 is 1.20 bits per heavy atom. The molecule has 0 radical (unpaired) electrons. The van der Waals surface area contributed by atoms with Crippen LogP contribution in [0.1, 0.15) is 49.0 Å². The minimum atomic E-state index is -0.995. The average molecular weight is 275 g/mol. The molecule has 5 rings (SSSR count). The van der Waals surface area contributed by atoms with Crippen LogP contribution in [0.3, 0.4) is 0 Å². The number of rotatable bonds is 4. The first-order chi connectivity index (χ1) is 9.69. The van der Waals surface area contributed by atoms with Crippen molar-refractivity contribution in [1.29, 1.82) is 0 Å². The third-order valence-corrected chi connectivity index (χ3v) is 5.87. The van der Waals surface area contributed by atoms with Crippen molar-refractivity contribution in [3.05, 3.63) is 11.9 Å². The van der Waals surface area contributed by atoms with Crippen LogP contribution in [0, 0.1) is 29.6 Å². The van der Waals surface area contributed by atoms with Crippen molar-refractivity contribution >= 4 is 5.97 Å². The van der Waals surface area contributed by atoms with Crippen molar-refractivity contribution < 1.29 is 9.90 Å². The molecule has 0 unspecified atom stereocenters. The summed E-state index contributed by atoms with van der Waals surface area (Å²) in [6.07, 6.45) is 9.94. The number of aromatic nitrogens is 3. The van der Waals surface area contributed by atoms with Gasteiger partial charge in [0, 0.05) is 6.54 Å². The van der Waals surface area contributed by atoms with Crippen molar-refractivity contribution in [1.82, 2.24) is 15.0 Å². The Labute approximate surface area is 118 Å². The zero-order valence-corrected chi connectivity index (χ0v) is 11.6. The molecule has 0 saturated heterocycles. The molecule has 4 aliphatic rings. The Balaban J connectivity index is 1.40. The van der Waals surface area contributed by atoms with E-state index in [1.54, 1.807) is 10.9 Å². The van der Waals surface area contributed by atoms with E-state index in [1.165, 1.54) is 32.1 Å². The van der Waals surface area contributed by atoms with Crippen molar-refractivity contribution in [2.75, 3.05) is 0 Å². The maximum absolute atomic E-state index is 10.8. The number of aryl methyl sites for hydroxylation is 1. The Morgan fingerprint density at radius 3 is 2.40 bits per heavy atom. The van der Waals surface area contributed by atoms with Gasteiger partial charge in [0.15, 0.2) is 5.69 Å². The lowest BCUT2D eigenvalue weighted by atomic mass is 9.51. The summed E-state index contributed by atoms with van der Waals surface area (Å²) in [5, 5.41) is 16.5. The second-order valence-corrected chi connectivity index (χ2v) is 7.06. The summed E-state index contributed by atoms with van der Waals surface area (Å²) in [6, 6.07) is 0. The van der Waals surface area contributed by atoms with Crippen LogP contribution in [0.15, 0.2) is 6.20 Å². The fraction of sp³-hybridized carbons (Fsp3) is 0.800. The maximum atomic E-state index is 10.8. The molecule has 5 nitrogen and oxygen atoms in total. The standard InChI is InChI=1S/C15H21N3O2/c19-15(20)14-8-18(17-16-14)2-1-13-11-4-9-3-10(6-11)7-12(13)5-9/h8-13H,1-7H2,(H,19,20). The average Bonchev–Trinajstić information content (AvgIpc) is 2.86. The second-order valence-electron chi connectivity index (χ2n) is 7.06. The third kappa shape index (κ3) is 2.03. The van der Waals surface area contributed by atoms with E-state index >= 15 is 0 Å². The summed E-state index contributed by atoms with van der Waals surface area (Å²) in [5.74, 6) is 3.71. The van der Waals surface area contributed by atoms with Crippen molar-refractivity contribution in [3.8, 4) is 0 Å². The number of carboxylic acid groups (broad SMARTS) is 1. The molecule has 1 aromatic rings. The lowest BCUT2D eigenvalue weighted by molar-refractivity contribution is -0.0414. The van der Waals surface area contributed by atoms with Crippen molar-refractivity contribution in [2.45, 2.75) is 45.1 Å². The first-order valence-electron chi connectivity index (χ1n) is 7.82. The van der Waals surface area contributed by atoms with Gasteiger partial charge in [0.25, 0.3) is 0 Å². The molecule has 4 aliphatic carbocycles. The molecule has 1 N–H and O–H groups in total. The molecule has 4 saturated carbocycles. The van der Waals surface area contributed by atoms with Gasteiger partial charge < -0.3 is 5.11 Å². The van der Waals surface area contributed by atoms with Gasteiger partial charge >= 0.3 is 5.97 Å². The number of nitrogens with zero attached hydrogens (tertiary/aromatic N) is 3. The normalized spacial score (nSPS) is 38.3. The number of hydrogen-bond acceptors (Lipinski definition) is 3. The highest BCUT2D eigenvalue weighted by molar-refractivity contribution is 5.84. The van der Waals surface area contributed by atoms with Gasteiger partial charge in [-0.05, 0) is 68.1 Å². The molecule has 4 fully saturated rings. The van der Waals surface area contributed by atoms with E-state index in [9.17, 15) is 4.79 Å². The van der Waals surface area contributed by atoms with Crippen LogP contribution >= 0.6 is 0 Å². The number of carboxylic acids is 1. The molecule has 5 heteroatoms. The largest absolute Gasteiger partial charge is 0.476 e. The molecule has 0 aliphatic heterocycles. The van der Waals surface area contributed by atoms with Gasteiger partial charge in [-0.1, -0.05) is 5.21 Å². The monoisotopic (exact) mass is 275 g/mol. The van der Waals surface area contributed by atoms with Gasteiger partial charge in [-0.2, -0.15) is 0 Å². The molecular formula is C15H21N3O2. The van der Waals surface area contributed by atoms with Gasteiger partial charge in [0.2, 0.25) is 0 Å². The second kappa shape index (κ2) is 4.57. The van der Waals surface area contributed by atoms with Crippen LogP contribution in [-0.4, -0.2) is 26.1 Å². The predicted octanol–water partition coefficient (Wildman–Crippen LogP) is 2.44. The van der Waals surface area contributed by atoms with Gasteiger partial charge in [-0.3, -0.25) is 4.68 Å². The topological polar surface area (TPSA) is 68.0 Å². The van der Waals surface area contributed by atoms with Gasteiger partial charge in [0.05, 0.1) is 6.20 Å². The lowest BCUT2D eigenvalue weighted by Crippen LogP contribution is -2.45. The lowest BCUT2D eigenvalue weighted by Gasteiger charge is -2.54. The molecule has 20 heavy (non-hydrogen) atoms. The van der Waals surface area contributed by atoms with Crippen LogP contribution in [0.25, 0.3) is 0 Å². The predicted molar refractivity (Wildman–Crippen MR) is 72.1 cm³/mol. The highest BCUT2D eigenvalue weighted by atomic mass is 16.4. The van der Waals surface area contributed by atoms with E-state index in [2.05, 4.69) is 10.3 Å².